The Kier molecular flexibility index (Phi) is 4.54. The minimum Gasteiger partial charge on any atom is -0.379 e. The number of hydrogen-bond donors (Lipinski definition) is 0. The van der Waals surface area contributed by atoms with Crippen molar-refractivity contribution >= 4 is 15.7 Å². The van der Waals surface area contributed by atoms with Gasteiger partial charge in [-0.25, -0.2) is 26.7 Å². The molecule has 10 heteroatoms. The van der Waals surface area contributed by atoms with Crippen LogP contribution >= 0.6 is 0 Å². The van der Waals surface area contributed by atoms with E-state index in [2.05, 4.69) is 5.10 Å². The molecule has 0 atom stereocenters. The molecule has 1 aliphatic heterocycles. The van der Waals surface area contributed by atoms with Gasteiger partial charge in [0.05, 0.1) is 19.8 Å². The monoisotopic (exact) mass is 392 g/mol. The van der Waals surface area contributed by atoms with Crippen molar-refractivity contribution < 1.29 is 17.5 Å². The summed E-state index contributed by atoms with van der Waals surface area (Å²) in [6.45, 7) is 1.18. The van der Waals surface area contributed by atoms with E-state index in [-0.39, 0.29) is 30.2 Å². The van der Waals surface area contributed by atoms with E-state index in [1.807, 2.05) is 0 Å². The zero-order chi connectivity index (χ0) is 19.0. The number of hydrogen-bond acceptors (Lipinski definition) is 5. The molecule has 0 N–H and O–H groups in total. The van der Waals surface area contributed by atoms with Crippen LogP contribution in [0.4, 0.5) is 4.39 Å². The van der Waals surface area contributed by atoms with E-state index < -0.39 is 21.5 Å². The molecule has 1 fully saturated rings. The maximum Gasteiger partial charge on any atom is 0.350 e. The van der Waals surface area contributed by atoms with Gasteiger partial charge in [-0.3, -0.25) is 0 Å². The van der Waals surface area contributed by atoms with Crippen LogP contribution < -0.4 is 5.69 Å². The first-order chi connectivity index (χ1) is 13.0. The zero-order valence-corrected chi connectivity index (χ0v) is 15.1. The summed E-state index contributed by atoms with van der Waals surface area (Å²) in [7, 11) is -3.81. The largest absolute Gasteiger partial charge is 0.379 e. The average Bonchev–Trinajstić information content (AvgIpc) is 2.98. The normalized spacial score (nSPS) is 16.0. The minimum absolute atomic E-state index is 0.0370. The van der Waals surface area contributed by atoms with E-state index in [0.717, 1.165) is 4.68 Å². The van der Waals surface area contributed by atoms with Crippen LogP contribution in [0.5, 0.6) is 0 Å². The number of benzene rings is 1. The van der Waals surface area contributed by atoms with Crippen LogP contribution in [0.3, 0.4) is 0 Å². The van der Waals surface area contributed by atoms with Gasteiger partial charge in [-0.15, -0.1) is 5.10 Å². The molecule has 4 rings (SSSR count). The third-order valence-corrected chi connectivity index (χ3v) is 6.30. The molecule has 3 heterocycles. The molecule has 0 radical (unpaired) electrons. The third kappa shape index (κ3) is 3.27. The van der Waals surface area contributed by atoms with Crippen molar-refractivity contribution in [3.8, 4) is 0 Å². The van der Waals surface area contributed by atoms with Gasteiger partial charge < -0.3 is 4.74 Å². The third-order valence-electron chi connectivity index (χ3n) is 4.38. The quantitative estimate of drug-likeness (QED) is 0.653. The van der Waals surface area contributed by atoms with Crippen LogP contribution in [0.25, 0.3) is 5.65 Å². The molecular weight excluding hydrogens is 375 g/mol. The molecule has 1 aromatic carbocycles. The molecule has 0 amide bonds. The number of sulfonamides is 1. The van der Waals surface area contributed by atoms with Gasteiger partial charge in [0.2, 0.25) is 10.0 Å². The van der Waals surface area contributed by atoms with Gasteiger partial charge in [-0.1, -0.05) is 12.1 Å². The van der Waals surface area contributed by atoms with E-state index in [4.69, 9.17) is 4.74 Å². The number of rotatable bonds is 4. The average molecular weight is 392 g/mol. The number of nitrogens with zero attached hydrogens (tertiary/aromatic N) is 4. The van der Waals surface area contributed by atoms with Gasteiger partial charge in [0.15, 0.2) is 5.65 Å². The van der Waals surface area contributed by atoms with Crippen LogP contribution in [0.15, 0.2) is 52.3 Å². The van der Waals surface area contributed by atoms with E-state index in [9.17, 15) is 17.6 Å². The number of ether oxygens (including phenoxy) is 1. The van der Waals surface area contributed by atoms with Crippen molar-refractivity contribution in [3.05, 3.63) is 64.5 Å². The molecule has 0 saturated carbocycles. The SMILES string of the molecule is O=c1n(Cc2cccc(F)c2)nc2c(S(=O)(=O)N3CCOCC3)cccn12. The molecular formula is C17H17FN4O4S. The van der Waals surface area contributed by atoms with E-state index >= 15 is 0 Å². The Balaban J connectivity index is 1.79. The second kappa shape index (κ2) is 6.87. The number of fused-ring (bicyclic) bond motifs is 1. The maximum absolute atomic E-state index is 13.4. The lowest BCUT2D eigenvalue weighted by atomic mass is 10.2. The Morgan fingerprint density at radius 2 is 1.93 bits per heavy atom. The Hall–Kier alpha value is -2.56. The topological polar surface area (TPSA) is 85.9 Å². The fraction of sp³-hybridized carbons (Fsp3) is 0.294. The van der Waals surface area contributed by atoms with Crippen LogP contribution in [0, 0.1) is 5.82 Å². The van der Waals surface area contributed by atoms with Crippen LogP contribution in [0.2, 0.25) is 0 Å². The van der Waals surface area contributed by atoms with Crippen molar-refractivity contribution in [3.63, 3.8) is 0 Å². The molecule has 0 unspecified atom stereocenters. The molecule has 0 bridgehead atoms. The van der Waals surface area contributed by atoms with Gasteiger partial charge in [0, 0.05) is 19.3 Å². The first-order valence-electron chi connectivity index (χ1n) is 8.37. The van der Waals surface area contributed by atoms with Crippen molar-refractivity contribution in [1.82, 2.24) is 18.5 Å². The predicted molar refractivity (Wildman–Crippen MR) is 94.5 cm³/mol. The predicted octanol–water partition coefficient (Wildman–Crippen LogP) is 0.704. The molecule has 3 aromatic rings. The van der Waals surface area contributed by atoms with Crippen molar-refractivity contribution in [2.45, 2.75) is 11.4 Å². The van der Waals surface area contributed by atoms with Crippen molar-refractivity contribution in [2.75, 3.05) is 26.3 Å². The van der Waals surface area contributed by atoms with Gasteiger partial charge in [-0.05, 0) is 29.8 Å². The molecule has 0 aliphatic carbocycles. The number of aromatic nitrogens is 3. The van der Waals surface area contributed by atoms with Gasteiger partial charge in [0.1, 0.15) is 10.7 Å². The Labute approximate surface area is 154 Å². The highest BCUT2D eigenvalue weighted by Gasteiger charge is 2.29. The maximum atomic E-state index is 13.4. The van der Waals surface area contributed by atoms with Crippen molar-refractivity contribution in [1.29, 1.82) is 0 Å². The number of morpholine rings is 1. The first-order valence-corrected chi connectivity index (χ1v) is 9.81. The molecule has 27 heavy (non-hydrogen) atoms. The highest BCUT2D eigenvalue weighted by atomic mass is 32.2. The summed E-state index contributed by atoms with van der Waals surface area (Å²) in [5.41, 5.74) is 0.108. The van der Waals surface area contributed by atoms with E-state index in [1.165, 1.54) is 39.2 Å². The number of pyridine rings is 1. The Bertz CT molecular complexity index is 1150. The zero-order valence-electron chi connectivity index (χ0n) is 14.3. The molecule has 8 nitrogen and oxygen atoms in total. The van der Waals surface area contributed by atoms with Gasteiger partial charge in [0.25, 0.3) is 0 Å². The second-order valence-corrected chi connectivity index (χ2v) is 8.06. The lowest BCUT2D eigenvalue weighted by Crippen LogP contribution is -2.40. The Morgan fingerprint density at radius 1 is 1.15 bits per heavy atom. The molecule has 1 aliphatic rings. The fourth-order valence-electron chi connectivity index (χ4n) is 3.05. The summed E-state index contributed by atoms with van der Waals surface area (Å²) in [5, 5.41) is 4.21. The first kappa shape index (κ1) is 17.8. The van der Waals surface area contributed by atoms with Crippen LogP contribution in [0.1, 0.15) is 5.56 Å². The molecule has 0 spiro atoms. The lowest BCUT2D eigenvalue weighted by molar-refractivity contribution is 0.0730. The number of halogens is 1. The summed E-state index contributed by atoms with van der Waals surface area (Å²) < 4.78 is 48.2. The summed E-state index contributed by atoms with van der Waals surface area (Å²) in [6.07, 6.45) is 1.46. The fourth-order valence-corrected chi connectivity index (χ4v) is 4.58. The molecule has 1 saturated heterocycles. The van der Waals surface area contributed by atoms with Gasteiger partial charge >= 0.3 is 5.69 Å². The van der Waals surface area contributed by atoms with Crippen molar-refractivity contribution in [2.24, 2.45) is 0 Å². The summed E-state index contributed by atoms with van der Waals surface area (Å²) in [5.74, 6) is -0.417. The lowest BCUT2D eigenvalue weighted by Gasteiger charge is -2.25. The second-order valence-electron chi connectivity index (χ2n) is 6.15. The standard InChI is InChI=1S/C17H17FN4O4S/c18-14-4-1-3-13(11-14)12-22-17(23)21-6-2-5-15(16(21)19-22)27(24,25)20-7-9-26-10-8-20/h1-6,11H,7-10,12H2. The Morgan fingerprint density at radius 3 is 2.67 bits per heavy atom. The minimum atomic E-state index is -3.81. The summed E-state index contributed by atoms with van der Waals surface area (Å²) in [6, 6.07) is 8.75. The highest BCUT2D eigenvalue weighted by Crippen LogP contribution is 2.20. The van der Waals surface area contributed by atoms with Crippen LogP contribution in [-0.4, -0.2) is 53.2 Å². The molecule has 2 aromatic heterocycles. The molecule has 142 valence electrons. The van der Waals surface area contributed by atoms with E-state index in [0.29, 0.717) is 18.8 Å². The highest BCUT2D eigenvalue weighted by molar-refractivity contribution is 7.89. The van der Waals surface area contributed by atoms with E-state index in [1.54, 1.807) is 12.1 Å². The summed E-state index contributed by atoms with van der Waals surface area (Å²) >= 11 is 0. The summed E-state index contributed by atoms with van der Waals surface area (Å²) in [4.78, 5) is 12.6. The van der Waals surface area contributed by atoms with Crippen LogP contribution in [-0.2, 0) is 21.3 Å². The van der Waals surface area contributed by atoms with Gasteiger partial charge in [-0.2, -0.15) is 4.31 Å². The smallest absolute Gasteiger partial charge is 0.350 e.